The second-order valence-corrected chi connectivity index (χ2v) is 6.50. The molecule has 0 aromatic heterocycles. The van der Waals surface area contributed by atoms with Crippen molar-refractivity contribution in [1.82, 2.24) is 15.1 Å². The fraction of sp³-hybridized carbons (Fsp3) is 1.00. The molecule has 3 atom stereocenters. The van der Waals surface area contributed by atoms with Crippen LogP contribution in [0.5, 0.6) is 0 Å². The maximum absolute atomic E-state index is 3.57. The van der Waals surface area contributed by atoms with E-state index in [-0.39, 0.29) is 0 Å². The zero-order chi connectivity index (χ0) is 12.3. The Morgan fingerprint density at radius 1 is 1.06 bits per heavy atom. The van der Waals surface area contributed by atoms with Crippen LogP contribution in [0, 0.1) is 17.8 Å². The predicted molar refractivity (Wildman–Crippen MR) is 73.2 cm³/mol. The van der Waals surface area contributed by atoms with Crippen LogP contribution in [0.1, 0.15) is 20.3 Å². The van der Waals surface area contributed by atoms with Crippen molar-refractivity contribution in [2.75, 3.05) is 52.9 Å². The van der Waals surface area contributed by atoms with E-state index in [9.17, 15) is 0 Å². The SMILES string of the molecule is CC1CNCC(C)CN(CC2CCN(C)C2)C1. The molecule has 0 aromatic carbocycles. The molecule has 3 heteroatoms. The zero-order valence-corrected chi connectivity index (χ0v) is 11.8. The van der Waals surface area contributed by atoms with Crippen LogP contribution in [0.25, 0.3) is 0 Å². The van der Waals surface area contributed by atoms with Gasteiger partial charge in [-0.25, -0.2) is 0 Å². The van der Waals surface area contributed by atoms with Crippen LogP contribution in [0.15, 0.2) is 0 Å². The molecule has 2 heterocycles. The first-order chi connectivity index (χ1) is 8.13. The van der Waals surface area contributed by atoms with Crippen molar-refractivity contribution in [3.05, 3.63) is 0 Å². The van der Waals surface area contributed by atoms with Gasteiger partial charge in [0, 0.05) is 26.2 Å². The van der Waals surface area contributed by atoms with Crippen molar-refractivity contribution >= 4 is 0 Å². The van der Waals surface area contributed by atoms with Gasteiger partial charge >= 0.3 is 0 Å². The molecular weight excluding hydrogens is 210 g/mol. The predicted octanol–water partition coefficient (Wildman–Crippen LogP) is 1.12. The van der Waals surface area contributed by atoms with Gasteiger partial charge in [0.1, 0.15) is 0 Å². The summed E-state index contributed by atoms with van der Waals surface area (Å²) in [7, 11) is 2.25. The Bertz CT molecular complexity index is 220. The van der Waals surface area contributed by atoms with Gasteiger partial charge in [0.25, 0.3) is 0 Å². The summed E-state index contributed by atoms with van der Waals surface area (Å²) < 4.78 is 0. The molecular formula is C14H29N3. The number of hydrogen-bond acceptors (Lipinski definition) is 3. The Labute approximate surface area is 107 Å². The van der Waals surface area contributed by atoms with Gasteiger partial charge in [0.2, 0.25) is 0 Å². The maximum atomic E-state index is 3.57. The lowest BCUT2D eigenvalue weighted by Crippen LogP contribution is -2.44. The molecule has 100 valence electrons. The summed E-state index contributed by atoms with van der Waals surface area (Å²) in [5, 5.41) is 3.57. The van der Waals surface area contributed by atoms with E-state index in [2.05, 4.69) is 36.0 Å². The standard InChI is InChI=1S/C14H29N3/c1-12-6-15-7-13(2)9-17(8-12)11-14-4-5-16(3)10-14/h12-15H,4-11H2,1-3H3. The number of nitrogens with one attached hydrogen (secondary N) is 1. The number of rotatable bonds is 2. The quantitative estimate of drug-likeness (QED) is 0.779. The summed E-state index contributed by atoms with van der Waals surface area (Å²) in [6.07, 6.45) is 1.40. The molecule has 1 N–H and O–H groups in total. The minimum atomic E-state index is 0.793. The van der Waals surface area contributed by atoms with Crippen LogP contribution in [-0.4, -0.2) is 62.7 Å². The molecule has 0 amide bonds. The average molecular weight is 239 g/mol. The first-order valence-corrected chi connectivity index (χ1v) is 7.25. The third-order valence-electron chi connectivity index (χ3n) is 4.13. The van der Waals surface area contributed by atoms with Crippen molar-refractivity contribution in [2.45, 2.75) is 20.3 Å². The van der Waals surface area contributed by atoms with Crippen LogP contribution < -0.4 is 5.32 Å². The normalized spacial score (nSPS) is 37.9. The van der Waals surface area contributed by atoms with Gasteiger partial charge in [-0.05, 0) is 50.9 Å². The molecule has 17 heavy (non-hydrogen) atoms. The van der Waals surface area contributed by atoms with Crippen LogP contribution in [0.4, 0.5) is 0 Å². The van der Waals surface area contributed by atoms with Gasteiger partial charge in [-0.1, -0.05) is 13.8 Å². The van der Waals surface area contributed by atoms with E-state index in [0.717, 1.165) is 17.8 Å². The highest BCUT2D eigenvalue weighted by Gasteiger charge is 2.24. The summed E-state index contributed by atoms with van der Waals surface area (Å²) in [6, 6.07) is 0. The van der Waals surface area contributed by atoms with E-state index >= 15 is 0 Å². The molecule has 3 nitrogen and oxygen atoms in total. The molecule has 0 radical (unpaired) electrons. The lowest BCUT2D eigenvalue weighted by molar-refractivity contribution is 0.162. The summed E-state index contributed by atoms with van der Waals surface area (Å²) in [6.45, 7) is 13.6. The maximum Gasteiger partial charge on any atom is 0.00226 e. The van der Waals surface area contributed by atoms with E-state index < -0.39 is 0 Å². The zero-order valence-electron chi connectivity index (χ0n) is 11.8. The lowest BCUT2D eigenvalue weighted by atomic mass is 10.0. The van der Waals surface area contributed by atoms with Crippen molar-refractivity contribution < 1.29 is 0 Å². The Hall–Kier alpha value is -0.120. The number of hydrogen-bond donors (Lipinski definition) is 1. The molecule has 0 aromatic rings. The highest BCUT2D eigenvalue weighted by Crippen LogP contribution is 2.18. The highest BCUT2D eigenvalue weighted by molar-refractivity contribution is 4.79. The van der Waals surface area contributed by atoms with E-state index in [1.165, 1.54) is 52.2 Å². The van der Waals surface area contributed by atoms with E-state index in [1.807, 2.05) is 0 Å². The van der Waals surface area contributed by atoms with Crippen molar-refractivity contribution in [3.8, 4) is 0 Å². The van der Waals surface area contributed by atoms with Crippen molar-refractivity contribution in [1.29, 1.82) is 0 Å². The topological polar surface area (TPSA) is 18.5 Å². The average Bonchev–Trinajstić information content (AvgIpc) is 2.61. The minimum absolute atomic E-state index is 0.793. The lowest BCUT2D eigenvalue weighted by Gasteiger charge is -2.33. The van der Waals surface area contributed by atoms with Gasteiger partial charge < -0.3 is 15.1 Å². The van der Waals surface area contributed by atoms with Gasteiger partial charge in [-0.3, -0.25) is 0 Å². The molecule has 0 saturated carbocycles. The molecule has 2 rings (SSSR count). The molecule has 3 unspecified atom stereocenters. The number of likely N-dealkylation sites (tertiary alicyclic amines) is 1. The highest BCUT2D eigenvalue weighted by atomic mass is 15.2. The monoisotopic (exact) mass is 239 g/mol. The molecule has 2 saturated heterocycles. The Morgan fingerprint density at radius 2 is 1.71 bits per heavy atom. The van der Waals surface area contributed by atoms with E-state index in [4.69, 9.17) is 0 Å². The summed E-state index contributed by atoms with van der Waals surface area (Å²) in [5.74, 6) is 2.50. The van der Waals surface area contributed by atoms with Crippen molar-refractivity contribution in [2.24, 2.45) is 17.8 Å². The van der Waals surface area contributed by atoms with Crippen LogP contribution in [-0.2, 0) is 0 Å². The molecule has 0 bridgehead atoms. The summed E-state index contributed by atoms with van der Waals surface area (Å²) in [4.78, 5) is 5.20. The second kappa shape index (κ2) is 6.17. The largest absolute Gasteiger partial charge is 0.316 e. The third kappa shape index (κ3) is 4.23. The van der Waals surface area contributed by atoms with Crippen LogP contribution >= 0.6 is 0 Å². The Morgan fingerprint density at radius 3 is 2.24 bits per heavy atom. The molecule has 2 fully saturated rings. The molecule has 2 aliphatic rings. The Balaban J connectivity index is 1.83. The third-order valence-corrected chi connectivity index (χ3v) is 4.13. The summed E-state index contributed by atoms with van der Waals surface area (Å²) in [5.41, 5.74) is 0. The van der Waals surface area contributed by atoms with Crippen LogP contribution in [0.2, 0.25) is 0 Å². The fourth-order valence-corrected chi connectivity index (χ4v) is 3.35. The Kier molecular flexibility index (Phi) is 4.83. The summed E-state index contributed by atoms with van der Waals surface area (Å²) >= 11 is 0. The van der Waals surface area contributed by atoms with E-state index in [0.29, 0.717) is 0 Å². The van der Waals surface area contributed by atoms with Crippen molar-refractivity contribution in [3.63, 3.8) is 0 Å². The second-order valence-electron chi connectivity index (χ2n) is 6.50. The first-order valence-electron chi connectivity index (χ1n) is 7.25. The molecule has 0 aliphatic carbocycles. The first kappa shape index (κ1) is 13.3. The van der Waals surface area contributed by atoms with Gasteiger partial charge in [-0.2, -0.15) is 0 Å². The molecule has 2 aliphatic heterocycles. The fourth-order valence-electron chi connectivity index (χ4n) is 3.35. The molecule has 0 spiro atoms. The van der Waals surface area contributed by atoms with Gasteiger partial charge in [0.05, 0.1) is 0 Å². The van der Waals surface area contributed by atoms with Gasteiger partial charge in [-0.15, -0.1) is 0 Å². The van der Waals surface area contributed by atoms with Crippen LogP contribution in [0.3, 0.4) is 0 Å². The minimum Gasteiger partial charge on any atom is -0.316 e. The van der Waals surface area contributed by atoms with E-state index in [1.54, 1.807) is 0 Å². The van der Waals surface area contributed by atoms with Gasteiger partial charge in [0.15, 0.2) is 0 Å². The smallest absolute Gasteiger partial charge is 0.00226 e. The number of nitrogens with zero attached hydrogens (tertiary/aromatic N) is 2.